The van der Waals surface area contributed by atoms with Crippen LogP contribution in [0, 0.1) is 11.3 Å². The van der Waals surface area contributed by atoms with Gasteiger partial charge in [-0.2, -0.15) is 5.26 Å². The minimum atomic E-state index is -0.497. The molecule has 3 rings (SSSR count). The van der Waals surface area contributed by atoms with E-state index in [1.165, 1.54) is 0 Å². The van der Waals surface area contributed by atoms with Gasteiger partial charge in [-0.15, -0.1) is 10.2 Å². The molecule has 2 heterocycles. The molecule has 0 bridgehead atoms. The van der Waals surface area contributed by atoms with Crippen LogP contribution in [-0.2, 0) is 24.4 Å². The van der Waals surface area contributed by atoms with Gasteiger partial charge in [0.15, 0.2) is 5.69 Å². The smallest absolute Gasteiger partial charge is 0.410 e. The van der Waals surface area contributed by atoms with Crippen molar-refractivity contribution < 1.29 is 9.53 Å². The van der Waals surface area contributed by atoms with Gasteiger partial charge < -0.3 is 10.1 Å². The summed E-state index contributed by atoms with van der Waals surface area (Å²) in [6.45, 7) is 7.30. The molecule has 1 amide bonds. The fourth-order valence-electron chi connectivity index (χ4n) is 2.69. The fourth-order valence-corrected chi connectivity index (χ4v) is 2.69. The number of anilines is 1. The summed E-state index contributed by atoms with van der Waals surface area (Å²) in [5, 5.41) is 19.7. The van der Waals surface area contributed by atoms with Crippen LogP contribution in [-0.4, -0.2) is 26.8 Å². The zero-order valence-corrected chi connectivity index (χ0v) is 15.1. The normalized spacial score (nSPS) is 13.1. The Hall–Kier alpha value is -3.14. The molecule has 0 fully saturated rings. The molecule has 2 aromatic rings. The highest BCUT2D eigenvalue weighted by atomic mass is 16.6. The average Bonchev–Trinajstić information content (AvgIpc) is 3.02. The first kappa shape index (κ1) is 17.7. The predicted octanol–water partition coefficient (Wildman–Crippen LogP) is 3.21. The molecule has 0 spiro atoms. The molecule has 1 N–H and O–H groups in total. The van der Waals surface area contributed by atoms with E-state index in [1.807, 2.05) is 39.0 Å². The van der Waals surface area contributed by atoms with Crippen molar-refractivity contribution in [2.24, 2.45) is 0 Å². The Kier molecular flexibility index (Phi) is 4.76. The number of hydrogen-bond acceptors (Lipinski definition) is 6. The van der Waals surface area contributed by atoms with Gasteiger partial charge in [-0.25, -0.2) is 4.79 Å². The SMILES string of the molecule is CC(C)(C)OC(=O)N1Cc2ccc(CNc3ccc(C#N)nn3)cc2C1. The summed E-state index contributed by atoms with van der Waals surface area (Å²) in [5.74, 6) is 0.611. The third kappa shape index (κ3) is 4.28. The summed E-state index contributed by atoms with van der Waals surface area (Å²) in [6, 6.07) is 11.4. The quantitative estimate of drug-likeness (QED) is 0.913. The number of aromatic nitrogens is 2. The Morgan fingerprint density at radius 2 is 2.00 bits per heavy atom. The Bertz CT molecular complexity index is 850. The number of hydrogen-bond donors (Lipinski definition) is 1. The van der Waals surface area contributed by atoms with Crippen LogP contribution in [0.15, 0.2) is 30.3 Å². The maximum absolute atomic E-state index is 12.2. The summed E-state index contributed by atoms with van der Waals surface area (Å²) in [7, 11) is 0. The number of carbonyl (C=O) groups excluding carboxylic acids is 1. The van der Waals surface area contributed by atoms with Gasteiger partial charge in [0.25, 0.3) is 0 Å². The lowest BCUT2D eigenvalue weighted by molar-refractivity contribution is 0.0242. The highest BCUT2D eigenvalue weighted by Gasteiger charge is 2.27. The molecule has 26 heavy (non-hydrogen) atoms. The Morgan fingerprint density at radius 3 is 2.65 bits per heavy atom. The van der Waals surface area contributed by atoms with Crippen molar-refractivity contribution in [1.29, 1.82) is 5.26 Å². The van der Waals surface area contributed by atoms with Crippen molar-refractivity contribution in [3.63, 3.8) is 0 Å². The minimum Gasteiger partial charge on any atom is -0.444 e. The predicted molar refractivity (Wildman–Crippen MR) is 96.0 cm³/mol. The van der Waals surface area contributed by atoms with E-state index in [1.54, 1.807) is 17.0 Å². The molecule has 1 aliphatic heterocycles. The Morgan fingerprint density at radius 1 is 1.23 bits per heavy atom. The van der Waals surface area contributed by atoms with Gasteiger partial charge in [-0.1, -0.05) is 18.2 Å². The van der Waals surface area contributed by atoms with Crippen molar-refractivity contribution in [2.75, 3.05) is 5.32 Å². The number of benzene rings is 1. The average molecular weight is 351 g/mol. The molecule has 7 heteroatoms. The van der Waals surface area contributed by atoms with Crippen molar-refractivity contribution >= 4 is 11.9 Å². The van der Waals surface area contributed by atoms with Gasteiger partial charge in [0.05, 0.1) is 0 Å². The number of carbonyl (C=O) groups is 1. The highest BCUT2D eigenvalue weighted by Crippen LogP contribution is 2.26. The van der Waals surface area contributed by atoms with Gasteiger partial charge in [0.2, 0.25) is 0 Å². The molecular weight excluding hydrogens is 330 g/mol. The highest BCUT2D eigenvalue weighted by molar-refractivity contribution is 5.69. The van der Waals surface area contributed by atoms with Crippen LogP contribution >= 0.6 is 0 Å². The summed E-state index contributed by atoms with van der Waals surface area (Å²) in [6.07, 6.45) is -0.291. The number of nitrogens with zero attached hydrogens (tertiary/aromatic N) is 4. The molecule has 1 aromatic heterocycles. The first-order chi connectivity index (χ1) is 12.3. The molecular formula is C19H21N5O2. The first-order valence-electron chi connectivity index (χ1n) is 8.40. The lowest BCUT2D eigenvalue weighted by atomic mass is 10.1. The fraction of sp³-hybridized carbons (Fsp3) is 0.368. The number of fused-ring (bicyclic) bond motifs is 1. The van der Waals surface area contributed by atoms with Gasteiger partial charge in [0.1, 0.15) is 17.5 Å². The zero-order chi connectivity index (χ0) is 18.7. The van der Waals surface area contributed by atoms with Crippen LogP contribution in [0.5, 0.6) is 0 Å². The van der Waals surface area contributed by atoms with Crippen LogP contribution in [0.2, 0.25) is 0 Å². The van der Waals surface area contributed by atoms with E-state index in [9.17, 15) is 4.79 Å². The Labute approximate surface area is 152 Å². The van der Waals surface area contributed by atoms with E-state index >= 15 is 0 Å². The largest absolute Gasteiger partial charge is 0.444 e. The van der Waals surface area contributed by atoms with E-state index < -0.39 is 5.60 Å². The number of nitriles is 1. The van der Waals surface area contributed by atoms with Gasteiger partial charge in [0, 0.05) is 19.6 Å². The summed E-state index contributed by atoms with van der Waals surface area (Å²) < 4.78 is 5.44. The van der Waals surface area contributed by atoms with E-state index in [0.29, 0.717) is 25.5 Å². The second kappa shape index (κ2) is 7.00. The minimum absolute atomic E-state index is 0.287. The molecule has 1 aromatic carbocycles. The van der Waals surface area contributed by atoms with Gasteiger partial charge in [-0.3, -0.25) is 4.90 Å². The summed E-state index contributed by atoms with van der Waals surface area (Å²) >= 11 is 0. The summed E-state index contributed by atoms with van der Waals surface area (Å²) in [4.78, 5) is 13.9. The maximum atomic E-state index is 12.2. The number of rotatable bonds is 3. The van der Waals surface area contributed by atoms with E-state index in [2.05, 4.69) is 21.6 Å². The molecule has 0 atom stereocenters. The molecule has 1 aliphatic rings. The molecule has 0 saturated carbocycles. The van der Waals surface area contributed by atoms with Crippen molar-refractivity contribution in [3.8, 4) is 6.07 Å². The third-order valence-corrected chi connectivity index (χ3v) is 3.90. The van der Waals surface area contributed by atoms with E-state index in [4.69, 9.17) is 10.00 Å². The molecule has 0 unspecified atom stereocenters. The van der Waals surface area contributed by atoms with Crippen LogP contribution in [0.3, 0.4) is 0 Å². The lowest BCUT2D eigenvalue weighted by Gasteiger charge is -2.24. The molecule has 0 saturated heterocycles. The van der Waals surface area contributed by atoms with Crippen molar-refractivity contribution in [1.82, 2.24) is 15.1 Å². The van der Waals surface area contributed by atoms with E-state index in [-0.39, 0.29) is 11.8 Å². The molecule has 0 radical (unpaired) electrons. The monoisotopic (exact) mass is 351 g/mol. The van der Waals surface area contributed by atoms with Crippen LogP contribution in [0.25, 0.3) is 0 Å². The van der Waals surface area contributed by atoms with Crippen LogP contribution in [0.4, 0.5) is 10.6 Å². The number of nitrogens with one attached hydrogen (secondary N) is 1. The van der Waals surface area contributed by atoms with Crippen LogP contribution in [0.1, 0.15) is 43.2 Å². The number of ether oxygens (including phenoxy) is 1. The lowest BCUT2D eigenvalue weighted by Crippen LogP contribution is -2.33. The molecule has 0 aliphatic carbocycles. The zero-order valence-electron chi connectivity index (χ0n) is 15.1. The Balaban J connectivity index is 1.61. The molecule has 134 valence electrons. The third-order valence-electron chi connectivity index (χ3n) is 3.90. The second-order valence-electron chi connectivity index (χ2n) is 7.21. The van der Waals surface area contributed by atoms with Crippen LogP contribution < -0.4 is 5.32 Å². The maximum Gasteiger partial charge on any atom is 0.410 e. The second-order valence-corrected chi connectivity index (χ2v) is 7.21. The standard InChI is InChI=1S/C19H21N5O2/c1-19(2,3)26-18(25)24-11-14-5-4-13(8-15(14)12-24)10-21-17-7-6-16(9-20)22-23-17/h4-8H,10-12H2,1-3H3,(H,21,23). The van der Waals surface area contributed by atoms with E-state index in [0.717, 1.165) is 16.7 Å². The summed E-state index contributed by atoms with van der Waals surface area (Å²) in [5.41, 5.74) is 3.14. The molecule has 7 nitrogen and oxygen atoms in total. The first-order valence-corrected chi connectivity index (χ1v) is 8.40. The van der Waals surface area contributed by atoms with Gasteiger partial charge >= 0.3 is 6.09 Å². The number of amides is 1. The van der Waals surface area contributed by atoms with Crippen molar-refractivity contribution in [3.05, 3.63) is 52.7 Å². The van der Waals surface area contributed by atoms with Crippen molar-refractivity contribution in [2.45, 2.75) is 46.0 Å². The topological polar surface area (TPSA) is 91.1 Å². The van der Waals surface area contributed by atoms with Gasteiger partial charge in [-0.05, 0) is 49.6 Å².